The average Bonchev–Trinajstić information content (AvgIpc) is 2.71. The van der Waals surface area contributed by atoms with Gasteiger partial charge in [-0.05, 0) is 44.8 Å². The van der Waals surface area contributed by atoms with Crippen molar-refractivity contribution in [3.05, 3.63) is 39.0 Å². The van der Waals surface area contributed by atoms with Crippen molar-refractivity contribution in [3.8, 4) is 11.3 Å². The van der Waals surface area contributed by atoms with Crippen LogP contribution in [0.1, 0.15) is 18.8 Å². The van der Waals surface area contributed by atoms with E-state index in [0.717, 1.165) is 14.5 Å². The number of aliphatic hydroxyl groups is 1. The third-order valence-electron chi connectivity index (χ3n) is 2.17. The number of hydrogen-bond donors (Lipinski definition) is 1. The summed E-state index contributed by atoms with van der Waals surface area (Å²) >= 11 is 6.90. The minimum atomic E-state index is -0.646. The van der Waals surface area contributed by atoms with E-state index in [2.05, 4.69) is 37.0 Å². The van der Waals surface area contributed by atoms with E-state index >= 15 is 0 Å². The predicted octanol–water partition coefficient (Wildman–Crippen LogP) is 3.92. The van der Waals surface area contributed by atoms with Crippen LogP contribution in [0.2, 0.25) is 0 Å². The Morgan fingerprint density at radius 2 is 2.12 bits per heavy atom. The first-order chi connectivity index (χ1) is 7.59. The van der Waals surface area contributed by atoms with Crippen LogP contribution in [0.5, 0.6) is 0 Å². The van der Waals surface area contributed by atoms with Crippen LogP contribution in [0.3, 0.4) is 0 Å². The summed E-state index contributed by atoms with van der Waals surface area (Å²) in [7, 11) is 0. The van der Waals surface area contributed by atoms with Crippen molar-refractivity contribution in [2.75, 3.05) is 0 Å². The number of rotatable bonds is 2. The summed E-state index contributed by atoms with van der Waals surface area (Å²) in [5.41, 5.74) is 1.62. The predicted molar refractivity (Wildman–Crippen MR) is 68.0 cm³/mol. The normalized spacial score (nSPS) is 12.8. The highest BCUT2D eigenvalue weighted by molar-refractivity contribution is 9.13. The van der Waals surface area contributed by atoms with Gasteiger partial charge in [0.2, 0.25) is 0 Å². The molecule has 0 saturated heterocycles. The molecule has 2 aromatic rings. The van der Waals surface area contributed by atoms with E-state index < -0.39 is 6.10 Å². The second-order valence-corrected chi connectivity index (χ2v) is 5.04. The number of aromatic nitrogens is 1. The molecule has 1 N–H and O–H groups in total. The fraction of sp³-hybridized carbons (Fsp3) is 0.182. The highest BCUT2D eigenvalue weighted by atomic mass is 79.9. The number of nitrogens with zero attached hydrogens (tertiary/aromatic N) is 1. The van der Waals surface area contributed by atoms with Crippen LogP contribution in [-0.4, -0.2) is 10.3 Å². The monoisotopic (exact) mass is 345 g/mol. The number of hydrogen-bond acceptors (Lipinski definition) is 3. The maximum atomic E-state index is 9.35. The topological polar surface area (TPSA) is 46.3 Å². The highest BCUT2D eigenvalue weighted by Gasteiger charge is 2.13. The standard InChI is InChI=1S/C11H9Br2NO2/c1-6(15)10-5-9(14-16-10)7-3-2-4-8(12)11(7)13/h2-6,15H,1H3. The summed E-state index contributed by atoms with van der Waals surface area (Å²) in [5, 5.41) is 13.3. The first-order valence-electron chi connectivity index (χ1n) is 4.68. The first-order valence-corrected chi connectivity index (χ1v) is 6.27. The largest absolute Gasteiger partial charge is 0.385 e. The zero-order valence-corrected chi connectivity index (χ0v) is 11.6. The number of halogens is 2. The van der Waals surface area contributed by atoms with Crippen molar-refractivity contribution in [2.45, 2.75) is 13.0 Å². The molecule has 0 aliphatic carbocycles. The van der Waals surface area contributed by atoms with Gasteiger partial charge in [-0.25, -0.2) is 0 Å². The minimum absolute atomic E-state index is 0.460. The molecule has 0 amide bonds. The van der Waals surface area contributed by atoms with E-state index in [9.17, 15) is 5.11 Å². The average molecular weight is 347 g/mol. The molecule has 3 nitrogen and oxygen atoms in total. The van der Waals surface area contributed by atoms with E-state index in [1.165, 1.54) is 0 Å². The quantitative estimate of drug-likeness (QED) is 0.896. The Balaban J connectivity index is 2.47. The van der Waals surface area contributed by atoms with Gasteiger partial charge in [0.05, 0.1) is 0 Å². The van der Waals surface area contributed by atoms with Crippen molar-refractivity contribution in [2.24, 2.45) is 0 Å². The van der Waals surface area contributed by atoms with E-state index in [0.29, 0.717) is 11.5 Å². The summed E-state index contributed by atoms with van der Waals surface area (Å²) in [5.74, 6) is 0.460. The van der Waals surface area contributed by atoms with Gasteiger partial charge in [-0.1, -0.05) is 17.3 Å². The lowest BCUT2D eigenvalue weighted by atomic mass is 10.1. The van der Waals surface area contributed by atoms with Crippen molar-refractivity contribution < 1.29 is 9.63 Å². The van der Waals surface area contributed by atoms with Crippen LogP contribution in [0, 0.1) is 0 Å². The zero-order valence-electron chi connectivity index (χ0n) is 8.45. The molecule has 1 heterocycles. The van der Waals surface area contributed by atoms with Crippen molar-refractivity contribution in [1.29, 1.82) is 0 Å². The molecule has 0 bridgehead atoms. The first kappa shape index (κ1) is 11.8. The van der Waals surface area contributed by atoms with Crippen LogP contribution < -0.4 is 0 Å². The summed E-state index contributed by atoms with van der Waals surface area (Å²) in [6.45, 7) is 1.64. The molecule has 0 radical (unpaired) electrons. The smallest absolute Gasteiger partial charge is 0.165 e. The summed E-state index contributed by atoms with van der Waals surface area (Å²) in [6, 6.07) is 7.51. The molecule has 1 aromatic heterocycles. The molecule has 0 spiro atoms. The van der Waals surface area contributed by atoms with Crippen LogP contribution in [0.4, 0.5) is 0 Å². The van der Waals surface area contributed by atoms with Gasteiger partial charge in [-0.3, -0.25) is 0 Å². The third-order valence-corrected chi connectivity index (χ3v) is 4.21. The molecule has 0 fully saturated rings. The van der Waals surface area contributed by atoms with Gasteiger partial charge in [-0.15, -0.1) is 0 Å². The van der Waals surface area contributed by atoms with Crippen LogP contribution >= 0.6 is 31.9 Å². The number of benzene rings is 1. The summed E-state index contributed by atoms with van der Waals surface area (Å²) < 4.78 is 6.91. The fourth-order valence-corrected chi connectivity index (χ4v) is 2.15. The Kier molecular flexibility index (Phi) is 3.47. The Bertz CT molecular complexity index is 508. The van der Waals surface area contributed by atoms with Gasteiger partial charge < -0.3 is 9.63 Å². The number of aliphatic hydroxyl groups excluding tert-OH is 1. The van der Waals surface area contributed by atoms with E-state index in [-0.39, 0.29) is 0 Å². The van der Waals surface area contributed by atoms with Crippen LogP contribution in [0.15, 0.2) is 37.7 Å². The summed E-state index contributed by atoms with van der Waals surface area (Å²) in [6.07, 6.45) is -0.646. The molecule has 1 aromatic carbocycles. The van der Waals surface area contributed by atoms with Crippen molar-refractivity contribution >= 4 is 31.9 Å². The Labute approximate surface area is 110 Å². The van der Waals surface area contributed by atoms with Gasteiger partial charge in [0.25, 0.3) is 0 Å². The van der Waals surface area contributed by atoms with Crippen LogP contribution in [-0.2, 0) is 0 Å². The molecule has 84 valence electrons. The molecule has 5 heteroatoms. The Morgan fingerprint density at radius 3 is 2.75 bits per heavy atom. The van der Waals surface area contributed by atoms with Crippen LogP contribution in [0.25, 0.3) is 11.3 Å². The molecule has 0 aliphatic heterocycles. The molecule has 1 unspecified atom stereocenters. The van der Waals surface area contributed by atoms with Gasteiger partial charge >= 0.3 is 0 Å². The molecular weight excluding hydrogens is 338 g/mol. The third kappa shape index (κ3) is 2.21. The Hall–Kier alpha value is -0.650. The maximum absolute atomic E-state index is 9.35. The maximum Gasteiger partial charge on any atom is 0.165 e. The van der Waals surface area contributed by atoms with E-state index in [1.54, 1.807) is 13.0 Å². The minimum Gasteiger partial charge on any atom is -0.385 e. The van der Waals surface area contributed by atoms with Gasteiger partial charge in [-0.2, -0.15) is 0 Å². The van der Waals surface area contributed by atoms with Crippen molar-refractivity contribution in [3.63, 3.8) is 0 Å². The summed E-state index contributed by atoms with van der Waals surface area (Å²) in [4.78, 5) is 0. The van der Waals surface area contributed by atoms with Gasteiger partial charge in [0, 0.05) is 20.6 Å². The zero-order chi connectivity index (χ0) is 11.7. The second-order valence-electron chi connectivity index (χ2n) is 3.39. The molecule has 2 rings (SSSR count). The lowest BCUT2D eigenvalue weighted by Gasteiger charge is -2.01. The molecule has 16 heavy (non-hydrogen) atoms. The van der Waals surface area contributed by atoms with Gasteiger partial charge in [0.15, 0.2) is 5.76 Å². The van der Waals surface area contributed by atoms with E-state index in [1.807, 2.05) is 18.2 Å². The second kappa shape index (κ2) is 4.69. The van der Waals surface area contributed by atoms with Gasteiger partial charge in [0.1, 0.15) is 11.8 Å². The fourth-order valence-electron chi connectivity index (χ4n) is 1.31. The molecular formula is C11H9Br2NO2. The van der Waals surface area contributed by atoms with E-state index in [4.69, 9.17) is 4.52 Å². The SMILES string of the molecule is CC(O)c1cc(-c2cccc(Br)c2Br)no1. The molecule has 0 saturated carbocycles. The Morgan fingerprint density at radius 1 is 1.38 bits per heavy atom. The van der Waals surface area contributed by atoms with Crippen molar-refractivity contribution in [1.82, 2.24) is 5.16 Å². The lowest BCUT2D eigenvalue weighted by Crippen LogP contribution is -1.85. The lowest BCUT2D eigenvalue weighted by molar-refractivity contribution is 0.158. The molecule has 0 aliphatic rings. The highest BCUT2D eigenvalue weighted by Crippen LogP contribution is 2.34. The molecule has 1 atom stereocenters.